The Morgan fingerprint density at radius 3 is 2.81 bits per heavy atom. The predicted molar refractivity (Wildman–Crippen MR) is 93.8 cm³/mol. The smallest absolute Gasteiger partial charge is 0.257 e. The van der Waals surface area contributed by atoms with Crippen LogP contribution in [0.5, 0.6) is 5.75 Å². The number of ether oxygens (including phenoxy) is 2. The number of nitrogens with zero attached hydrogens (tertiary/aromatic N) is 3. The lowest BCUT2D eigenvalue weighted by Gasteiger charge is -2.32. The molecule has 0 spiro atoms. The van der Waals surface area contributed by atoms with Gasteiger partial charge in [-0.2, -0.15) is 5.10 Å². The highest BCUT2D eigenvalue weighted by atomic mass is 16.5. The topological polar surface area (TPSA) is 99.7 Å². The van der Waals surface area contributed by atoms with E-state index in [1.54, 1.807) is 29.1 Å². The highest BCUT2D eigenvalue weighted by molar-refractivity contribution is 5.93. The molecule has 2 N–H and O–H groups in total. The predicted octanol–water partition coefficient (Wildman–Crippen LogP) is 0.656. The van der Waals surface area contributed by atoms with E-state index in [1.807, 2.05) is 24.3 Å². The Labute approximate surface area is 151 Å². The van der Waals surface area contributed by atoms with Crippen molar-refractivity contribution < 1.29 is 19.1 Å². The van der Waals surface area contributed by atoms with Crippen LogP contribution >= 0.6 is 0 Å². The van der Waals surface area contributed by atoms with Crippen molar-refractivity contribution in [3.63, 3.8) is 0 Å². The van der Waals surface area contributed by atoms with Crippen molar-refractivity contribution in [1.82, 2.24) is 14.7 Å². The van der Waals surface area contributed by atoms with Gasteiger partial charge in [0.15, 0.2) is 0 Å². The number of hydrogen-bond donors (Lipinski definition) is 1. The molecule has 0 aliphatic carbocycles. The van der Waals surface area contributed by atoms with Gasteiger partial charge >= 0.3 is 0 Å². The summed E-state index contributed by atoms with van der Waals surface area (Å²) in [5.74, 6) is 0.239. The van der Waals surface area contributed by atoms with Crippen LogP contribution in [0.4, 0.5) is 0 Å². The molecule has 3 rings (SSSR count). The Balaban J connectivity index is 1.62. The van der Waals surface area contributed by atoms with E-state index in [1.165, 1.54) is 0 Å². The molecular formula is C18H22N4O4. The van der Waals surface area contributed by atoms with Gasteiger partial charge in [-0.25, -0.2) is 0 Å². The zero-order valence-corrected chi connectivity index (χ0v) is 14.6. The summed E-state index contributed by atoms with van der Waals surface area (Å²) in [6, 6.07) is 7.69. The molecule has 26 heavy (non-hydrogen) atoms. The van der Waals surface area contributed by atoms with Crippen molar-refractivity contribution in [2.24, 2.45) is 5.73 Å². The lowest BCUT2D eigenvalue weighted by Crippen LogP contribution is -2.46. The van der Waals surface area contributed by atoms with E-state index in [2.05, 4.69) is 5.10 Å². The number of amides is 2. The first kappa shape index (κ1) is 17.9. The molecular weight excluding hydrogens is 336 g/mol. The number of carbonyl (C=O) groups excluding carboxylic acids is 2. The van der Waals surface area contributed by atoms with Crippen molar-refractivity contribution in [3.8, 4) is 5.75 Å². The number of hydrogen-bond acceptors (Lipinski definition) is 5. The standard InChI is InChI=1S/C18H22N4O4/c1-25-15-4-2-13(3-5-15)10-22-11-14(9-20-22)18(24)21-6-7-26-16(12-21)8-17(19)23/h2-5,9,11,16H,6-8,10,12H2,1H3,(H2,19,23). The first-order valence-electron chi connectivity index (χ1n) is 8.39. The molecule has 1 aliphatic rings. The summed E-state index contributed by atoms with van der Waals surface area (Å²) in [5.41, 5.74) is 6.78. The third kappa shape index (κ3) is 4.40. The van der Waals surface area contributed by atoms with Gasteiger partial charge in [0, 0.05) is 19.3 Å². The van der Waals surface area contributed by atoms with Crippen molar-refractivity contribution in [2.45, 2.75) is 19.1 Å². The average Bonchev–Trinajstić information content (AvgIpc) is 3.10. The normalized spacial score (nSPS) is 17.1. The highest BCUT2D eigenvalue weighted by Crippen LogP contribution is 2.14. The van der Waals surface area contributed by atoms with Crippen LogP contribution in [0.1, 0.15) is 22.3 Å². The van der Waals surface area contributed by atoms with Gasteiger partial charge in [0.2, 0.25) is 5.91 Å². The number of carbonyl (C=O) groups is 2. The summed E-state index contributed by atoms with van der Waals surface area (Å²) in [6.07, 6.45) is 3.05. The molecule has 1 unspecified atom stereocenters. The maximum absolute atomic E-state index is 12.7. The van der Waals surface area contributed by atoms with Crippen molar-refractivity contribution in [1.29, 1.82) is 0 Å². The van der Waals surface area contributed by atoms with Crippen LogP contribution in [0, 0.1) is 0 Å². The molecule has 8 nitrogen and oxygen atoms in total. The molecule has 1 aromatic heterocycles. The molecule has 2 aromatic rings. The van der Waals surface area contributed by atoms with Crippen LogP contribution in [-0.2, 0) is 16.1 Å². The summed E-state index contributed by atoms with van der Waals surface area (Å²) in [6.45, 7) is 1.79. The summed E-state index contributed by atoms with van der Waals surface area (Å²) in [5, 5.41) is 4.27. The van der Waals surface area contributed by atoms with Crippen molar-refractivity contribution >= 4 is 11.8 Å². The van der Waals surface area contributed by atoms with Gasteiger partial charge in [-0.15, -0.1) is 0 Å². The number of benzene rings is 1. The van der Waals surface area contributed by atoms with Gasteiger partial charge in [0.1, 0.15) is 5.75 Å². The van der Waals surface area contributed by atoms with Gasteiger partial charge in [0.05, 0.1) is 44.5 Å². The second-order valence-electron chi connectivity index (χ2n) is 6.19. The Morgan fingerprint density at radius 1 is 1.35 bits per heavy atom. The van der Waals surface area contributed by atoms with Crippen molar-refractivity contribution in [3.05, 3.63) is 47.8 Å². The fourth-order valence-corrected chi connectivity index (χ4v) is 2.91. The number of primary amides is 1. The molecule has 0 bridgehead atoms. The number of morpholine rings is 1. The van der Waals surface area contributed by atoms with Crippen molar-refractivity contribution in [2.75, 3.05) is 26.8 Å². The minimum absolute atomic E-state index is 0.112. The Morgan fingerprint density at radius 2 is 2.12 bits per heavy atom. The first-order valence-corrected chi connectivity index (χ1v) is 8.39. The molecule has 1 atom stereocenters. The van der Waals surface area contributed by atoms with E-state index in [-0.39, 0.29) is 18.4 Å². The Kier molecular flexibility index (Phi) is 5.52. The van der Waals surface area contributed by atoms with E-state index in [0.717, 1.165) is 11.3 Å². The fourth-order valence-electron chi connectivity index (χ4n) is 2.91. The third-order valence-electron chi connectivity index (χ3n) is 4.24. The molecule has 8 heteroatoms. The highest BCUT2D eigenvalue weighted by Gasteiger charge is 2.26. The Bertz CT molecular complexity index is 772. The number of methoxy groups -OCH3 is 1. The maximum Gasteiger partial charge on any atom is 0.257 e. The maximum atomic E-state index is 12.7. The molecule has 1 aromatic carbocycles. The minimum Gasteiger partial charge on any atom is -0.497 e. The monoisotopic (exact) mass is 358 g/mol. The number of rotatable bonds is 6. The second-order valence-corrected chi connectivity index (χ2v) is 6.19. The largest absolute Gasteiger partial charge is 0.497 e. The van der Waals surface area contributed by atoms with E-state index in [9.17, 15) is 9.59 Å². The van der Waals surface area contributed by atoms with Crippen LogP contribution in [-0.4, -0.2) is 59.4 Å². The Hall–Kier alpha value is -2.87. The van der Waals surface area contributed by atoms with Gasteiger partial charge in [-0.1, -0.05) is 12.1 Å². The van der Waals surface area contributed by atoms with Gasteiger partial charge in [-0.3, -0.25) is 14.3 Å². The lowest BCUT2D eigenvalue weighted by atomic mass is 10.2. The molecule has 1 fully saturated rings. The van der Waals surface area contributed by atoms with Crippen LogP contribution in [0.25, 0.3) is 0 Å². The molecule has 138 valence electrons. The van der Waals surface area contributed by atoms with Gasteiger partial charge in [-0.05, 0) is 17.7 Å². The SMILES string of the molecule is COc1ccc(Cn2cc(C(=O)N3CCOC(CC(N)=O)C3)cn2)cc1. The third-order valence-corrected chi connectivity index (χ3v) is 4.24. The van der Waals surface area contributed by atoms with Gasteiger partial charge in [0.25, 0.3) is 5.91 Å². The van der Waals surface area contributed by atoms with Crippen LogP contribution < -0.4 is 10.5 Å². The molecule has 1 aliphatic heterocycles. The van der Waals surface area contributed by atoms with E-state index >= 15 is 0 Å². The minimum atomic E-state index is -0.434. The quantitative estimate of drug-likeness (QED) is 0.818. The first-order chi connectivity index (χ1) is 12.5. The second kappa shape index (κ2) is 8.01. The molecule has 2 amide bonds. The molecule has 0 radical (unpaired) electrons. The van der Waals surface area contributed by atoms with E-state index in [0.29, 0.717) is 31.8 Å². The fraction of sp³-hybridized carbons (Fsp3) is 0.389. The summed E-state index contributed by atoms with van der Waals surface area (Å²) >= 11 is 0. The van der Waals surface area contributed by atoms with E-state index < -0.39 is 5.91 Å². The molecule has 0 saturated carbocycles. The summed E-state index contributed by atoms with van der Waals surface area (Å²) in [4.78, 5) is 25.4. The number of nitrogens with two attached hydrogens (primary N) is 1. The van der Waals surface area contributed by atoms with E-state index in [4.69, 9.17) is 15.2 Å². The van der Waals surface area contributed by atoms with Crippen LogP contribution in [0.2, 0.25) is 0 Å². The molecule has 1 saturated heterocycles. The zero-order chi connectivity index (χ0) is 18.5. The number of aromatic nitrogens is 2. The zero-order valence-electron chi connectivity index (χ0n) is 14.6. The molecule has 2 heterocycles. The lowest BCUT2D eigenvalue weighted by molar-refractivity contribution is -0.122. The summed E-state index contributed by atoms with van der Waals surface area (Å²) < 4.78 is 12.3. The van der Waals surface area contributed by atoms with Crippen LogP contribution in [0.3, 0.4) is 0 Å². The van der Waals surface area contributed by atoms with Crippen LogP contribution in [0.15, 0.2) is 36.7 Å². The summed E-state index contributed by atoms with van der Waals surface area (Å²) in [7, 11) is 1.63. The van der Waals surface area contributed by atoms with Gasteiger partial charge < -0.3 is 20.1 Å². The average molecular weight is 358 g/mol.